The number of oxime groups is 1. The summed E-state index contributed by atoms with van der Waals surface area (Å²) in [6.07, 6.45) is 3.63. The van der Waals surface area contributed by atoms with Gasteiger partial charge in [-0.1, -0.05) is 78.0 Å². The summed E-state index contributed by atoms with van der Waals surface area (Å²) in [6, 6.07) is 19.2. The molecule has 164 valence electrons. The number of esters is 2. The summed E-state index contributed by atoms with van der Waals surface area (Å²) in [5, 5.41) is 4.26. The van der Waals surface area contributed by atoms with Gasteiger partial charge in [0.05, 0.1) is 25.8 Å². The molecule has 0 bridgehead atoms. The lowest BCUT2D eigenvalue weighted by Crippen LogP contribution is -2.40. The highest BCUT2D eigenvalue weighted by molar-refractivity contribution is 6.07. The third-order valence-electron chi connectivity index (χ3n) is 4.80. The molecule has 2 aromatic rings. The van der Waals surface area contributed by atoms with Crippen molar-refractivity contribution >= 4 is 17.7 Å². The Kier molecular flexibility index (Phi) is 9.49. The quantitative estimate of drug-likeness (QED) is 0.230. The van der Waals surface area contributed by atoms with Gasteiger partial charge in [0, 0.05) is 0 Å². The minimum absolute atomic E-state index is 0.0323. The first-order chi connectivity index (χ1) is 15.0. The topological polar surface area (TPSA) is 74.2 Å². The van der Waals surface area contributed by atoms with Crippen LogP contribution in [0.3, 0.4) is 0 Å². The van der Waals surface area contributed by atoms with Crippen LogP contribution in [0.25, 0.3) is 0 Å². The van der Waals surface area contributed by atoms with Crippen molar-refractivity contribution in [2.24, 2.45) is 10.6 Å². The zero-order chi connectivity index (χ0) is 22.5. The van der Waals surface area contributed by atoms with Crippen LogP contribution in [0.1, 0.15) is 31.4 Å². The fraction of sp³-hybridized carbons (Fsp3) is 0.320. The van der Waals surface area contributed by atoms with E-state index in [4.69, 9.17) is 14.3 Å². The standard InChI is InChI=1S/C25H29NO5/c1-4-30-24(28)25(17-11-16-23(27)29-3,18-21-12-7-5-8-13-21)20(2)26-31-19-22-14-9-6-10-15-22/h5-15,17H,4,16,18-19H2,1-3H3/b17-11+,26-20-. The van der Waals surface area contributed by atoms with Gasteiger partial charge in [0.2, 0.25) is 0 Å². The number of hydrogen-bond acceptors (Lipinski definition) is 6. The number of carbonyl (C=O) groups excluding carboxylic acids is 2. The molecular weight excluding hydrogens is 394 g/mol. The van der Waals surface area contributed by atoms with Gasteiger partial charge in [0.1, 0.15) is 12.0 Å². The highest BCUT2D eigenvalue weighted by Gasteiger charge is 2.41. The minimum Gasteiger partial charge on any atom is -0.469 e. The number of methoxy groups -OCH3 is 1. The molecule has 0 radical (unpaired) electrons. The Bertz CT molecular complexity index is 893. The van der Waals surface area contributed by atoms with Gasteiger partial charge in [-0.25, -0.2) is 0 Å². The second-order valence-corrected chi connectivity index (χ2v) is 6.97. The van der Waals surface area contributed by atoms with Crippen LogP contribution in [-0.4, -0.2) is 31.4 Å². The molecule has 31 heavy (non-hydrogen) atoms. The van der Waals surface area contributed by atoms with E-state index in [2.05, 4.69) is 5.16 Å². The van der Waals surface area contributed by atoms with Crippen LogP contribution in [0.2, 0.25) is 0 Å². The summed E-state index contributed by atoms with van der Waals surface area (Å²) in [5.74, 6) is -0.854. The molecule has 0 amide bonds. The maximum absolute atomic E-state index is 13.2. The van der Waals surface area contributed by atoms with Crippen LogP contribution in [0.4, 0.5) is 0 Å². The summed E-state index contributed by atoms with van der Waals surface area (Å²) < 4.78 is 10.1. The first-order valence-electron chi connectivity index (χ1n) is 10.2. The van der Waals surface area contributed by atoms with Gasteiger partial charge in [0.15, 0.2) is 0 Å². The second kappa shape index (κ2) is 12.3. The SMILES string of the molecule is CCOC(=O)C(/C=C/CC(=O)OC)(Cc1ccccc1)/C(C)=N\OCc1ccccc1. The van der Waals surface area contributed by atoms with Crippen molar-refractivity contribution in [3.63, 3.8) is 0 Å². The van der Waals surface area contributed by atoms with Crippen LogP contribution in [-0.2, 0) is 36.9 Å². The number of ether oxygens (including phenoxy) is 2. The Morgan fingerprint density at radius 1 is 1.00 bits per heavy atom. The number of hydrogen-bond donors (Lipinski definition) is 0. The summed E-state index contributed by atoms with van der Waals surface area (Å²) >= 11 is 0. The molecule has 2 aromatic carbocycles. The molecule has 0 aromatic heterocycles. The van der Waals surface area contributed by atoms with Crippen LogP contribution in [0, 0.1) is 5.41 Å². The van der Waals surface area contributed by atoms with Crippen LogP contribution < -0.4 is 0 Å². The van der Waals surface area contributed by atoms with Crippen molar-refractivity contribution in [2.45, 2.75) is 33.3 Å². The first kappa shape index (κ1) is 23.9. The zero-order valence-electron chi connectivity index (χ0n) is 18.2. The summed E-state index contributed by atoms with van der Waals surface area (Å²) in [6.45, 7) is 3.97. The lowest BCUT2D eigenvalue weighted by Gasteiger charge is -2.28. The number of nitrogens with zero attached hydrogens (tertiary/aromatic N) is 1. The normalized spacial score (nSPS) is 13.5. The molecule has 1 atom stereocenters. The van der Waals surface area contributed by atoms with Gasteiger partial charge < -0.3 is 14.3 Å². The van der Waals surface area contributed by atoms with Gasteiger partial charge in [0.25, 0.3) is 0 Å². The Balaban J connectivity index is 2.38. The van der Waals surface area contributed by atoms with Gasteiger partial charge in [-0.3, -0.25) is 9.59 Å². The molecule has 0 heterocycles. The van der Waals surface area contributed by atoms with Crippen molar-refractivity contribution in [3.05, 3.63) is 83.9 Å². The van der Waals surface area contributed by atoms with E-state index in [9.17, 15) is 9.59 Å². The number of benzene rings is 2. The van der Waals surface area contributed by atoms with E-state index in [1.165, 1.54) is 7.11 Å². The van der Waals surface area contributed by atoms with Crippen molar-refractivity contribution in [1.82, 2.24) is 0 Å². The molecule has 0 saturated heterocycles. The molecule has 6 heteroatoms. The van der Waals surface area contributed by atoms with E-state index in [1.807, 2.05) is 60.7 Å². The molecule has 6 nitrogen and oxygen atoms in total. The zero-order valence-corrected chi connectivity index (χ0v) is 18.2. The second-order valence-electron chi connectivity index (χ2n) is 6.97. The molecule has 0 saturated carbocycles. The van der Waals surface area contributed by atoms with E-state index >= 15 is 0 Å². The smallest absolute Gasteiger partial charge is 0.322 e. The van der Waals surface area contributed by atoms with Crippen LogP contribution >= 0.6 is 0 Å². The molecule has 0 aliphatic rings. The van der Waals surface area contributed by atoms with E-state index < -0.39 is 17.4 Å². The third-order valence-corrected chi connectivity index (χ3v) is 4.80. The van der Waals surface area contributed by atoms with Gasteiger partial charge in [-0.2, -0.15) is 0 Å². The first-order valence-corrected chi connectivity index (χ1v) is 10.2. The lowest BCUT2D eigenvalue weighted by atomic mass is 9.77. The van der Waals surface area contributed by atoms with Crippen LogP contribution in [0.15, 0.2) is 78.0 Å². The number of carbonyl (C=O) groups is 2. The Morgan fingerprint density at radius 2 is 1.61 bits per heavy atom. The van der Waals surface area contributed by atoms with Crippen molar-refractivity contribution in [1.29, 1.82) is 0 Å². The lowest BCUT2D eigenvalue weighted by molar-refractivity contribution is -0.149. The highest BCUT2D eigenvalue weighted by atomic mass is 16.6. The maximum atomic E-state index is 13.2. The Hall–Kier alpha value is -3.41. The summed E-state index contributed by atoms with van der Waals surface area (Å²) in [4.78, 5) is 30.3. The van der Waals surface area contributed by atoms with Crippen LogP contribution in [0.5, 0.6) is 0 Å². The molecule has 2 rings (SSSR count). The third kappa shape index (κ3) is 7.10. The average molecular weight is 424 g/mol. The molecule has 0 aliphatic carbocycles. The largest absolute Gasteiger partial charge is 0.469 e. The fourth-order valence-electron chi connectivity index (χ4n) is 3.07. The summed E-state index contributed by atoms with van der Waals surface area (Å²) in [5.41, 5.74) is 1.11. The molecule has 0 fully saturated rings. The maximum Gasteiger partial charge on any atom is 0.322 e. The fourth-order valence-corrected chi connectivity index (χ4v) is 3.07. The van der Waals surface area contributed by atoms with Crippen molar-refractivity contribution in [3.8, 4) is 0 Å². The molecular formula is C25H29NO5. The van der Waals surface area contributed by atoms with Crippen molar-refractivity contribution in [2.75, 3.05) is 13.7 Å². The van der Waals surface area contributed by atoms with E-state index in [-0.39, 0.29) is 19.6 Å². The predicted octanol–water partition coefficient (Wildman–Crippen LogP) is 4.49. The molecule has 0 aliphatic heterocycles. The van der Waals surface area contributed by atoms with Crippen molar-refractivity contribution < 1.29 is 23.9 Å². The van der Waals surface area contributed by atoms with E-state index in [0.717, 1.165) is 11.1 Å². The molecule has 1 unspecified atom stereocenters. The van der Waals surface area contributed by atoms with E-state index in [1.54, 1.807) is 26.0 Å². The molecule has 0 spiro atoms. The monoisotopic (exact) mass is 423 g/mol. The van der Waals surface area contributed by atoms with Gasteiger partial charge in [-0.05, 0) is 31.4 Å². The van der Waals surface area contributed by atoms with E-state index in [0.29, 0.717) is 12.1 Å². The average Bonchev–Trinajstić information content (AvgIpc) is 2.79. The highest BCUT2D eigenvalue weighted by Crippen LogP contribution is 2.30. The van der Waals surface area contributed by atoms with Gasteiger partial charge in [-0.15, -0.1) is 0 Å². The Labute approximate surface area is 183 Å². The Morgan fingerprint density at radius 3 is 2.19 bits per heavy atom. The summed E-state index contributed by atoms with van der Waals surface area (Å²) in [7, 11) is 1.32. The number of rotatable bonds is 11. The molecule has 0 N–H and O–H groups in total. The van der Waals surface area contributed by atoms with Gasteiger partial charge >= 0.3 is 11.9 Å². The predicted molar refractivity (Wildman–Crippen MR) is 119 cm³/mol. The minimum atomic E-state index is -1.22.